The highest BCUT2D eigenvalue weighted by Crippen LogP contribution is 2.38. The van der Waals surface area contributed by atoms with Crippen LogP contribution in [0.2, 0.25) is 0 Å². The van der Waals surface area contributed by atoms with Gasteiger partial charge in [-0.3, -0.25) is 15.0 Å². The average Bonchev–Trinajstić information content (AvgIpc) is 2.63. The zero-order chi connectivity index (χ0) is 18.8. The fourth-order valence-corrected chi connectivity index (χ4v) is 3.33. The highest BCUT2D eigenvalue weighted by molar-refractivity contribution is 5.99. The highest BCUT2D eigenvalue weighted by Gasteiger charge is 2.40. The molecule has 2 unspecified atom stereocenters. The standard InChI is InChI=1S/C20H17N3O3/c1-2-16-18(12-7-9-13(10-8-12)19(21)22)14-5-3-4-6-15(14)20(26)23(16)11-17(24)25/h1,3-10,16,18H,11H2,(H3,21,22)(H,24,25). The fraction of sp³-hybridized carbons (Fsp3) is 0.150. The van der Waals surface area contributed by atoms with Crippen molar-refractivity contribution in [2.45, 2.75) is 12.0 Å². The van der Waals surface area contributed by atoms with Gasteiger partial charge in [0.05, 0.1) is 0 Å². The third-order valence-corrected chi connectivity index (χ3v) is 4.50. The summed E-state index contributed by atoms with van der Waals surface area (Å²) < 4.78 is 0. The molecule has 4 N–H and O–H groups in total. The first kappa shape index (κ1) is 17.2. The van der Waals surface area contributed by atoms with E-state index in [1.807, 2.05) is 12.1 Å². The van der Waals surface area contributed by atoms with E-state index in [0.29, 0.717) is 11.1 Å². The maximum atomic E-state index is 12.8. The Balaban J connectivity index is 2.15. The summed E-state index contributed by atoms with van der Waals surface area (Å²) >= 11 is 0. The number of nitrogens with two attached hydrogens (primary N) is 1. The van der Waals surface area contributed by atoms with Gasteiger partial charge in [0.1, 0.15) is 18.4 Å². The van der Waals surface area contributed by atoms with Crippen LogP contribution in [0.1, 0.15) is 33.0 Å². The van der Waals surface area contributed by atoms with Gasteiger partial charge in [-0.15, -0.1) is 6.42 Å². The van der Waals surface area contributed by atoms with E-state index in [9.17, 15) is 14.7 Å². The van der Waals surface area contributed by atoms with Crippen LogP contribution in [-0.4, -0.2) is 40.3 Å². The number of amidine groups is 1. The molecule has 0 aliphatic carbocycles. The van der Waals surface area contributed by atoms with Crippen molar-refractivity contribution in [3.8, 4) is 12.3 Å². The molecule has 6 nitrogen and oxygen atoms in total. The Morgan fingerprint density at radius 2 is 1.88 bits per heavy atom. The number of terminal acetylenes is 1. The van der Waals surface area contributed by atoms with E-state index < -0.39 is 18.6 Å². The second-order valence-corrected chi connectivity index (χ2v) is 6.04. The van der Waals surface area contributed by atoms with Crippen molar-refractivity contribution < 1.29 is 14.7 Å². The van der Waals surface area contributed by atoms with Crippen molar-refractivity contribution in [1.82, 2.24) is 4.90 Å². The van der Waals surface area contributed by atoms with Crippen LogP contribution in [0.15, 0.2) is 48.5 Å². The SMILES string of the molecule is C#CC1C(c2ccc(C(=N)N)cc2)c2ccccc2C(=O)N1CC(=O)O. The van der Waals surface area contributed by atoms with Gasteiger partial charge in [0.2, 0.25) is 0 Å². The van der Waals surface area contributed by atoms with Crippen LogP contribution in [0.3, 0.4) is 0 Å². The molecule has 0 saturated heterocycles. The number of carboxylic acids is 1. The van der Waals surface area contributed by atoms with Gasteiger partial charge in [-0.1, -0.05) is 48.4 Å². The Morgan fingerprint density at radius 3 is 2.46 bits per heavy atom. The predicted octanol–water partition coefficient (Wildman–Crippen LogP) is 1.64. The zero-order valence-corrected chi connectivity index (χ0v) is 13.8. The quantitative estimate of drug-likeness (QED) is 0.444. The summed E-state index contributed by atoms with van der Waals surface area (Å²) in [5, 5.41) is 16.7. The number of fused-ring (bicyclic) bond motifs is 1. The van der Waals surface area contributed by atoms with Crippen LogP contribution in [-0.2, 0) is 4.79 Å². The molecule has 0 aromatic heterocycles. The molecule has 3 rings (SSSR count). The van der Waals surface area contributed by atoms with E-state index in [4.69, 9.17) is 17.6 Å². The molecule has 0 fully saturated rings. The third kappa shape index (κ3) is 2.91. The van der Waals surface area contributed by atoms with Crippen molar-refractivity contribution in [3.05, 3.63) is 70.8 Å². The monoisotopic (exact) mass is 347 g/mol. The number of nitrogens with one attached hydrogen (secondary N) is 1. The van der Waals surface area contributed by atoms with Gasteiger partial charge >= 0.3 is 5.97 Å². The van der Waals surface area contributed by atoms with Crippen molar-refractivity contribution in [2.24, 2.45) is 5.73 Å². The molecule has 0 saturated carbocycles. The summed E-state index contributed by atoms with van der Waals surface area (Å²) in [7, 11) is 0. The first-order chi connectivity index (χ1) is 12.4. The van der Waals surface area contributed by atoms with Gasteiger partial charge in [-0.25, -0.2) is 0 Å². The van der Waals surface area contributed by atoms with Gasteiger partial charge in [0.15, 0.2) is 0 Å². The normalized spacial score (nSPS) is 18.7. The summed E-state index contributed by atoms with van der Waals surface area (Å²) in [6.07, 6.45) is 5.70. The second-order valence-electron chi connectivity index (χ2n) is 6.04. The van der Waals surface area contributed by atoms with Gasteiger partial charge in [-0.2, -0.15) is 0 Å². The summed E-state index contributed by atoms with van der Waals surface area (Å²) in [5.74, 6) is 0.672. The molecule has 130 valence electrons. The number of nitrogens with zero attached hydrogens (tertiary/aromatic N) is 1. The number of benzene rings is 2. The number of aliphatic carboxylic acids is 1. The van der Waals surface area contributed by atoms with Crippen LogP contribution in [0.5, 0.6) is 0 Å². The van der Waals surface area contributed by atoms with E-state index in [1.165, 1.54) is 4.90 Å². The van der Waals surface area contributed by atoms with Crippen molar-refractivity contribution in [2.75, 3.05) is 6.54 Å². The topological polar surface area (TPSA) is 107 Å². The van der Waals surface area contributed by atoms with Crippen molar-refractivity contribution in [3.63, 3.8) is 0 Å². The number of carbonyl (C=O) groups is 2. The lowest BCUT2D eigenvalue weighted by Gasteiger charge is -2.39. The Hall–Kier alpha value is -3.59. The molecular formula is C20H17N3O3. The number of carboxylic acid groups (broad SMARTS) is 1. The van der Waals surface area contributed by atoms with Crippen LogP contribution in [0, 0.1) is 17.8 Å². The summed E-state index contributed by atoms with van der Waals surface area (Å²) in [5.41, 5.74) is 8.11. The van der Waals surface area contributed by atoms with Crippen LogP contribution in [0.4, 0.5) is 0 Å². The molecule has 1 aliphatic rings. The van der Waals surface area contributed by atoms with E-state index in [-0.39, 0.29) is 17.7 Å². The fourth-order valence-electron chi connectivity index (χ4n) is 3.33. The molecule has 0 spiro atoms. The molecule has 0 radical (unpaired) electrons. The van der Waals surface area contributed by atoms with Gasteiger partial charge in [-0.05, 0) is 17.2 Å². The Kier molecular flexibility index (Phi) is 4.46. The maximum absolute atomic E-state index is 12.8. The molecule has 1 amide bonds. The Labute approximate surface area is 150 Å². The van der Waals surface area contributed by atoms with E-state index in [2.05, 4.69) is 5.92 Å². The van der Waals surface area contributed by atoms with E-state index in [0.717, 1.165) is 11.1 Å². The first-order valence-corrected chi connectivity index (χ1v) is 7.96. The average molecular weight is 347 g/mol. The smallest absolute Gasteiger partial charge is 0.323 e. The summed E-state index contributed by atoms with van der Waals surface area (Å²) in [6.45, 7) is -0.468. The van der Waals surface area contributed by atoms with E-state index in [1.54, 1.807) is 36.4 Å². The number of amides is 1. The van der Waals surface area contributed by atoms with Gasteiger partial charge < -0.3 is 15.7 Å². The Morgan fingerprint density at radius 1 is 1.23 bits per heavy atom. The number of rotatable bonds is 4. The number of carbonyl (C=O) groups excluding carboxylic acids is 1. The highest BCUT2D eigenvalue weighted by atomic mass is 16.4. The number of hydrogen-bond acceptors (Lipinski definition) is 3. The van der Waals surface area contributed by atoms with Gasteiger partial charge in [0.25, 0.3) is 5.91 Å². The zero-order valence-electron chi connectivity index (χ0n) is 13.8. The van der Waals surface area contributed by atoms with Crippen molar-refractivity contribution >= 4 is 17.7 Å². The lowest BCUT2D eigenvalue weighted by molar-refractivity contribution is -0.138. The Bertz CT molecular complexity index is 928. The second kappa shape index (κ2) is 6.73. The molecular weight excluding hydrogens is 330 g/mol. The minimum atomic E-state index is -1.12. The minimum absolute atomic E-state index is 0.0447. The van der Waals surface area contributed by atoms with Crippen LogP contribution < -0.4 is 5.73 Å². The van der Waals surface area contributed by atoms with Crippen molar-refractivity contribution in [1.29, 1.82) is 5.41 Å². The van der Waals surface area contributed by atoms with E-state index >= 15 is 0 Å². The van der Waals surface area contributed by atoms with Gasteiger partial charge in [0, 0.05) is 17.0 Å². The molecule has 26 heavy (non-hydrogen) atoms. The minimum Gasteiger partial charge on any atom is -0.480 e. The molecule has 2 aromatic carbocycles. The van der Waals surface area contributed by atoms with Crippen LogP contribution >= 0.6 is 0 Å². The largest absolute Gasteiger partial charge is 0.480 e. The maximum Gasteiger partial charge on any atom is 0.323 e. The molecule has 1 heterocycles. The lowest BCUT2D eigenvalue weighted by Crippen LogP contribution is -2.49. The molecule has 2 aromatic rings. The molecule has 2 atom stereocenters. The summed E-state index contributed by atoms with van der Waals surface area (Å²) in [4.78, 5) is 25.2. The molecule has 6 heteroatoms. The first-order valence-electron chi connectivity index (χ1n) is 7.96. The number of hydrogen-bond donors (Lipinski definition) is 3. The molecule has 1 aliphatic heterocycles. The lowest BCUT2D eigenvalue weighted by atomic mass is 9.78. The predicted molar refractivity (Wildman–Crippen MR) is 97.0 cm³/mol. The van der Waals surface area contributed by atoms with Crippen LogP contribution in [0.25, 0.3) is 0 Å². The molecule has 0 bridgehead atoms. The number of nitrogen functional groups attached to an aromatic ring is 1. The third-order valence-electron chi connectivity index (χ3n) is 4.50. The summed E-state index contributed by atoms with van der Waals surface area (Å²) in [6, 6.07) is 13.4.